The molecule has 1 unspecified atom stereocenters. The number of pyridine rings is 1. The second-order valence-corrected chi connectivity index (χ2v) is 4.61. The molecule has 1 aliphatic rings. The Kier molecular flexibility index (Phi) is 2.61. The van der Waals surface area contributed by atoms with Gasteiger partial charge in [-0.1, -0.05) is 11.6 Å². The fourth-order valence-corrected chi connectivity index (χ4v) is 2.66. The number of hydrogen-bond donors (Lipinski definition) is 1. The van der Waals surface area contributed by atoms with Gasteiger partial charge >= 0.3 is 0 Å². The SMILES string of the molecule is NC1CCCn2c(-c3cccnc3)nc(Cl)c21. The third kappa shape index (κ3) is 1.73. The van der Waals surface area contributed by atoms with E-state index < -0.39 is 0 Å². The van der Waals surface area contributed by atoms with Crippen LogP contribution >= 0.6 is 11.6 Å². The number of imidazole rings is 1. The number of nitrogens with zero attached hydrogens (tertiary/aromatic N) is 3. The average Bonchev–Trinajstić information content (AvgIpc) is 2.69. The molecule has 0 saturated carbocycles. The first-order valence-electron chi connectivity index (χ1n) is 5.69. The van der Waals surface area contributed by atoms with E-state index in [1.54, 1.807) is 12.4 Å². The zero-order valence-electron chi connectivity index (χ0n) is 9.31. The lowest BCUT2D eigenvalue weighted by Crippen LogP contribution is -2.22. The van der Waals surface area contributed by atoms with Crippen LogP contribution in [-0.2, 0) is 6.54 Å². The van der Waals surface area contributed by atoms with E-state index in [0.717, 1.165) is 36.5 Å². The summed E-state index contributed by atoms with van der Waals surface area (Å²) in [7, 11) is 0. The van der Waals surface area contributed by atoms with E-state index >= 15 is 0 Å². The van der Waals surface area contributed by atoms with Crippen LogP contribution in [0.1, 0.15) is 24.6 Å². The van der Waals surface area contributed by atoms with Crippen LogP contribution in [0.2, 0.25) is 5.15 Å². The van der Waals surface area contributed by atoms with Crippen LogP contribution in [0.3, 0.4) is 0 Å². The van der Waals surface area contributed by atoms with Gasteiger partial charge < -0.3 is 10.3 Å². The van der Waals surface area contributed by atoms with Gasteiger partial charge in [0.2, 0.25) is 0 Å². The first-order chi connectivity index (χ1) is 8.27. The second-order valence-electron chi connectivity index (χ2n) is 4.25. The molecule has 2 aromatic rings. The molecule has 3 rings (SSSR count). The Morgan fingerprint density at radius 3 is 3.12 bits per heavy atom. The molecule has 1 atom stereocenters. The molecular weight excluding hydrogens is 236 g/mol. The first-order valence-corrected chi connectivity index (χ1v) is 6.07. The minimum Gasteiger partial charge on any atom is -0.325 e. The van der Waals surface area contributed by atoms with Gasteiger partial charge in [0.1, 0.15) is 5.82 Å². The molecule has 0 radical (unpaired) electrons. The number of fused-ring (bicyclic) bond motifs is 1. The minimum atomic E-state index is -0.00540. The largest absolute Gasteiger partial charge is 0.325 e. The van der Waals surface area contributed by atoms with Crippen LogP contribution in [-0.4, -0.2) is 14.5 Å². The number of nitrogens with two attached hydrogens (primary N) is 1. The van der Waals surface area contributed by atoms with Crippen molar-refractivity contribution in [2.45, 2.75) is 25.4 Å². The molecule has 2 aromatic heterocycles. The molecule has 4 nitrogen and oxygen atoms in total. The summed E-state index contributed by atoms with van der Waals surface area (Å²) in [6, 6.07) is 3.88. The van der Waals surface area contributed by atoms with Crippen molar-refractivity contribution in [3.05, 3.63) is 35.4 Å². The Morgan fingerprint density at radius 2 is 2.35 bits per heavy atom. The van der Waals surface area contributed by atoms with Crippen LogP contribution in [0.15, 0.2) is 24.5 Å². The van der Waals surface area contributed by atoms with E-state index in [1.807, 2.05) is 12.1 Å². The monoisotopic (exact) mass is 248 g/mol. The zero-order valence-corrected chi connectivity index (χ0v) is 10.1. The molecule has 0 fully saturated rings. The molecule has 0 bridgehead atoms. The number of aromatic nitrogens is 3. The number of hydrogen-bond acceptors (Lipinski definition) is 3. The van der Waals surface area contributed by atoms with Crippen molar-refractivity contribution in [3.8, 4) is 11.4 Å². The molecule has 1 aliphatic heterocycles. The van der Waals surface area contributed by atoms with Gasteiger partial charge in [-0.05, 0) is 25.0 Å². The van der Waals surface area contributed by atoms with Crippen molar-refractivity contribution in [1.82, 2.24) is 14.5 Å². The van der Waals surface area contributed by atoms with Gasteiger partial charge in [0.25, 0.3) is 0 Å². The molecule has 3 heterocycles. The van der Waals surface area contributed by atoms with Crippen molar-refractivity contribution in [1.29, 1.82) is 0 Å². The summed E-state index contributed by atoms with van der Waals surface area (Å²) >= 11 is 6.18. The van der Waals surface area contributed by atoms with Gasteiger partial charge in [0, 0.05) is 30.5 Å². The van der Waals surface area contributed by atoms with Crippen molar-refractivity contribution >= 4 is 11.6 Å². The predicted octanol–water partition coefficient (Wildman–Crippen LogP) is 2.39. The zero-order chi connectivity index (χ0) is 11.8. The van der Waals surface area contributed by atoms with Crippen LogP contribution in [0.25, 0.3) is 11.4 Å². The van der Waals surface area contributed by atoms with E-state index in [2.05, 4.69) is 14.5 Å². The predicted molar refractivity (Wildman–Crippen MR) is 66.6 cm³/mol. The Hall–Kier alpha value is -1.39. The summed E-state index contributed by atoms with van der Waals surface area (Å²) in [5, 5.41) is 0.524. The summed E-state index contributed by atoms with van der Waals surface area (Å²) in [6.45, 7) is 0.924. The summed E-state index contributed by atoms with van der Waals surface area (Å²) in [4.78, 5) is 8.53. The normalized spacial score (nSPS) is 19.1. The van der Waals surface area contributed by atoms with Crippen LogP contribution in [0, 0.1) is 0 Å². The second kappa shape index (κ2) is 4.13. The first kappa shape index (κ1) is 10.7. The minimum absolute atomic E-state index is 0.00540. The van der Waals surface area contributed by atoms with Gasteiger partial charge in [-0.3, -0.25) is 4.98 Å². The number of rotatable bonds is 1. The molecule has 0 spiro atoms. The fraction of sp³-hybridized carbons (Fsp3) is 0.333. The van der Waals surface area contributed by atoms with Crippen molar-refractivity contribution in [3.63, 3.8) is 0 Å². The van der Waals surface area contributed by atoms with Crippen LogP contribution in [0.4, 0.5) is 0 Å². The molecule has 5 heteroatoms. The van der Waals surface area contributed by atoms with Crippen molar-refractivity contribution < 1.29 is 0 Å². The molecule has 17 heavy (non-hydrogen) atoms. The Morgan fingerprint density at radius 1 is 1.47 bits per heavy atom. The highest BCUT2D eigenvalue weighted by Crippen LogP contribution is 2.33. The lowest BCUT2D eigenvalue weighted by molar-refractivity contribution is 0.466. The van der Waals surface area contributed by atoms with E-state index in [-0.39, 0.29) is 6.04 Å². The maximum Gasteiger partial charge on any atom is 0.152 e. The molecule has 2 N–H and O–H groups in total. The smallest absolute Gasteiger partial charge is 0.152 e. The summed E-state index contributed by atoms with van der Waals surface area (Å²) in [6.07, 6.45) is 5.58. The van der Waals surface area contributed by atoms with Gasteiger partial charge in [0.15, 0.2) is 5.15 Å². The van der Waals surface area contributed by atoms with E-state index in [1.165, 1.54) is 0 Å². The standard InChI is InChI=1S/C12H13ClN4/c13-11-10-9(14)4-2-6-17(10)12(16-11)8-3-1-5-15-7-8/h1,3,5,7,9H,2,4,6,14H2. The molecule has 0 aromatic carbocycles. The van der Waals surface area contributed by atoms with Crippen molar-refractivity contribution in [2.75, 3.05) is 0 Å². The summed E-state index contributed by atoms with van der Waals surface area (Å²) in [5.41, 5.74) is 8.01. The van der Waals surface area contributed by atoms with Gasteiger partial charge in [-0.15, -0.1) is 0 Å². The van der Waals surface area contributed by atoms with Crippen LogP contribution < -0.4 is 5.73 Å². The van der Waals surface area contributed by atoms with Gasteiger partial charge in [-0.2, -0.15) is 0 Å². The Balaban J connectivity index is 2.17. The summed E-state index contributed by atoms with van der Waals surface area (Å²) in [5.74, 6) is 0.869. The quantitative estimate of drug-likeness (QED) is 0.843. The van der Waals surface area contributed by atoms with E-state index in [0.29, 0.717) is 5.15 Å². The molecule has 0 aliphatic carbocycles. The maximum absolute atomic E-state index is 6.18. The Labute approximate surface area is 104 Å². The number of halogens is 1. The summed E-state index contributed by atoms with van der Waals surface area (Å²) < 4.78 is 2.12. The fourth-order valence-electron chi connectivity index (χ4n) is 2.34. The topological polar surface area (TPSA) is 56.7 Å². The lowest BCUT2D eigenvalue weighted by atomic mass is 10.1. The molecular formula is C12H13ClN4. The van der Waals surface area contributed by atoms with Crippen LogP contribution in [0.5, 0.6) is 0 Å². The average molecular weight is 249 g/mol. The van der Waals surface area contributed by atoms with Gasteiger partial charge in [0.05, 0.1) is 5.69 Å². The third-order valence-corrected chi connectivity index (χ3v) is 3.41. The van der Waals surface area contributed by atoms with Gasteiger partial charge in [-0.25, -0.2) is 4.98 Å². The lowest BCUT2D eigenvalue weighted by Gasteiger charge is -2.22. The highest BCUT2D eigenvalue weighted by molar-refractivity contribution is 6.30. The highest BCUT2D eigenvalue weighted by atomic mass is 35.5. The maximum atomic E-state index is 6.18. The molecule has 88 valence electrons. The van der Waals surface area contributed by atoms with E-state index in [9.17, 15) is 0 Å². The molecule has 0 saturated heterocycles. The Bertz CT molecular complexity index is 535. The highest BCUT2D eigenvalue weighted by Gasteiger charge is 2.25. The third-order valence-electron chi connectivity index (χ3n) is 3.13. The van der Waals surface area contributed by atoms with Crippen molar-refractivity contribution in [2.24, 2.45) is 5.73 Å². The molecule has 0 amide bonds. The van der Waals surface area contributed by atoms with E-state index in [4.69, 9.17) is 17.3 Å².